The van der Waals surface area contributed by atoms with Crippen LogP contribution in [0.5, 0.6) is 0 Å². The van der Waals surface area contributed by atoms with E-state index in [9.17, 15) is 0 Å². The summed E-state index contributed by atoms with van der Waals surface area (Å²) in [7, 11) is 0. The van der Waals surface area contributed by atoms with Gasteiger partial charge in [-0.2, -0.15) is 0 Å². The lowest BCUT2D eigenvalue weighted by molar-refractivity contribution is 1.02. The van der Waals surface area contributed by atoms with Gasteiger partial charge in [-0.25, -0.2) is 9.98 Å². The van der Waals surface area contributed by atoms with E-state index in [1.807, 2.05) is 6.20 Å². The van der Waals surface area contributed by atoms with E-state index in [4.69, 9.17) is 5.73 Å². The van der Waals surface area contributed by atoms with Gasteiger partial charge in [-0.1, -0.05) is 39.0 Å². The number of nitrogens with one attached hydrogen (secondary N) is 1. The molecule has 2 rings (SSSR count). The second kappa shape index (κ2) is 9.87. The molecule has 23 heavy (non-hydrogen) atoms. The zero-order valence-corrected chi connectivity index (χ0v) is 17.1. The molecule has 0 bridgehead atoms. The lowest BCUT2D eigenvalue weighted by Crippen LogP contribution is -2.24. The van der Waals surface area contributed by atoms with E-state index < -0.39 is 0 Å². The van der Waals surface area contributed by atoms with Crippen molar-refractivity contribution in [2.45, 2.75) is 46.6 Å². The number of benzene rings is 1. The average Bonchev–Trinajstić information content (AvgIpc) is 3.01. The number of para-hydroxylation sites is 1. The summed E-state index contributed by atoms with van der Waals surface area (Å²) in [6.45, 7) is 6.95. The first-order valence-electron chi connectivity index (χ1n) is 7.79. The summed E-state index contributed by atoms with van der Waals surface area (Å²) in [5, 5.41) is 4.28. The molecule has 3 N–H and O–H groups in total. The van der Waals surface area contributed by atoms with Crippen LogP contribution in [-0.2, 0) is 25.8 Å². The van der Waals surface area contributed by atoms with Crippen molar-refractivity contribution in [3.63, 3.8) is 0 Å². The van der Waals surface area contributed by atoms with E-state index in [1.165, 1.54) is 16.0 Å². The Hall–Kier alpha value is -1.15. The number of anilines is 1. The number of hydrogen-bond donors (Lipinski definition) is 2. The number of aryl methyl sites for hydroxylation is 3. The number of hydrogen-bond acceptors (Lipinski definition) is 3. The fraction of sp³-hybridized carbons (Fsp3) is 0.412. The van der Waals surface area contributed by atoms with Crippen LogP contribution >= 0.6 is 35.3 Å². The van der Waals surface area contributed by atoms with Gasteiger partial charge in [-0.15, -0.1) is 35.3 Å². The molecule has 0 fully saturated rings. The number of guanidine groups is 1. The standard InChI is InChI=1S/C17H24N4S.HI/c1-4-12-8-7-9-13(5-2)16(12)21-17(18)20-11-15-19-10-14(6-3)22-15;/h7-10H,4-6,11H2,1-3H3,(H3,18,20,21);1H. The van der Waals surface area contributed by atoms with Crippen molar-refractivity contribution in [1.82, 2.24) is 4.98 Å². The maximum atomic E-state index is 6.06. The summed E-state index contributed by atoms with van der Waals surface area (Å²) < 4.78 is 0. The fourth-order valence-electron chi connectivity index (χ4n) is 2.31. The first-order valence-corrected chi connectivity index (χ1v) is 8.60. The normalized spacial score (nSPS) is 11.2. The molecule has 0 amide bonds. The molecule has 0 unspecified atom stereocenters. The maximum Gasteiger partial charge on any atom is 0.193 e. The molecule has 0 saturated carbocycles. The molecule has 0 aliphatic rings. The third kappa shape index (κ3) is 5.46. The van der Waals surface area contributed by atoms with Gasteiger partial charge in [0.2, 0.25) is 0 Å². The molecule has 126 valence electrons. The van der Waals surface area contributed by atoms with Crippen LogP contribution in [0.2, 0.25) is 0 Å². The molecule has 0 aliphatic carbocycles. The Morgan fingerprint density at radius 1 is 1.17 bits per heavy atom. The van der Waals surface area contributed by atoms with Crippen LogP contribution in [0.4, 0.5) is 5.69 Å². The van der Waals surface area contributed by atoms with Gasteiger partial charge in [-0.05, 0) is 30.4 Å². The molecular formula is C17H25IN4S. The van der Waals surface area contributed by atoms with Gasteiger partial charge >= 0.3 is 0 Å². The van der Waals surface area contributed by atoms with Crippen molar-refractivity contribution in [3.05, 3.63) is 45.4 Å². The highest BCUT2D eigenvalue weighted by Crippen LogP contribution is 2.22. The Balaban J connectivity index is 0.00000264. The molecule has 0 atom stereocenters. The molecule has 6 heteroatoms. The highest BCUT2D eigenvalue weighted by molar-refractivity contribution is 14.0. The van der Waals surface area contributed by atoms with Gasteiger partial charge in [0.05, 0.1) is 6.54 Å². The number of aromatic nitrogens is 1. The van der Waals surface area contributed by atoms with E-state index in [0.29, 0.717) is 12.5 Å². The predicted octanol–water partition coefficient (Wildman–Crippen LogP) is 4.38. The molecule has 4 nitrogen and oxygen atoms in total. The van der Waals surface area contributed by atoms with Crippen LogP contribution in [-0.4, -0.2) is 10.9 Å². The van der Waals surface area contributed by atoms with Gasteiger partial charge in [-0.3, -0.25) is 0 Å². The second-order valence-corrected chi connectivity index (χ2v) is 6.26. The van der Waals surface area contributed by atoms with Crippen molar-refractivity contribution in [2.24, 2.45) is 10.7 Å². The molecule has 0 saturated heterocycles. The van der Waals surface area contributed by atoms with Crippen molar-refractivity contribution < 1.29 is 0 Å². The zero-order chi connectivity index (χ0) is 15.9. The van der Waals surface area contributed by atoms with Crippen LogP contribution in [0.1, 0.15) is 41.8 Å². The van der Waals surface area contributed by atoms with Crippen LogP contribution in [0.3, 0.4) is 0 Å². The Morgan fingerprint density at radius 2 is 1.83 bits per heavy atom. The van der Waals surface area contributed by atoms with Crippen molar-refractivity contribution in [2.75, 3.05) is 5.32 Å². The molecule has 1 aromatic carbocycles. The number of nitrogens with two attached hydrogens (primary N) is 1. The molecule has 0 radical (unpaired) electrons. The number of halogens is 1. The van der Waals surface area contributed by atoms with E-state index in [-0.39, 0.29) is 24.0 Å². The maximum absolute atomic E-state index is 6.06. The first-order chi connectivity index (χ1) is 10.7. The van der Waals surface area contributed by atoms with Crippen molar-refractivity contribution in [1.29, 1.82) is 0 Å². The molecule has 2 aromatic rings. The lowest BCUT2D eigenvalue weighted by Gasteiger charge is -2.14. The summed E-state index contributed by atoms with van der Waals surface area (Å²) in [4.78, 5) is 10.1. The predicted molar refractivity (Wildman–Crippen MR) is 111 cm³/mol. The first kappa shape index (κ1) is 19.9. The molecule has 1 aromatic heterocycles. The summed E-state index contributed by atoms with van der Waals surface area (Å²) in [6, 6.07) is 6.35. The number of aliphatic imine (C=N–C) groups is 1. The van der Waals surface area contributed by atoms with E-state index in [0.717, 1.165) is 30.0 Å². The number of rotatable bonds is 6. The second-order valence-electron chi connectivity index (χ2n) is 5.06. The SMILES string of the molecule is CCc1cnc(CN=C(N)Nc2c(CC)cccc2CC)s1.I. The van der Waals surface area contributed by atoms with E-state index in [1.54, 1.807) is 11.3 Å². The minimum absolute atomic E-state index is 0. The van der Waals surface area contributed by atoms with Crippen molar-refractivity contribution in [3.8, 4) is 0 Å². The van der Waals surface area contributed by atoms with Gasteiger partial charge in [0.1, 0.15) is 5.01 Å². The van der Waals surface area contributed by atoms with Crippen molar-refractivity contribution >= 4 is 47.0 Å². The average molecular weight is 444 g/mol. The molecular weight excluding hydrogens is 419 g/mol. The third-order valence-corrected chi connectivity index (χ3v) is 4.71. The van der Waals surface area contributed by atoms with Crippen LogP contribution in [0.15, 0.2) is 29.4 Å². The van der Waals surface area contributed by atoms with Crippen LogP contribution in [0, 0.1) is 0 Å². The van der Waals surface area contributed by atoms with Gasteiger partial charge in [0, 0.05) is 16.8 Å². The monoisotopic (exact) mass is 444 g/mol. The Labute approximate surface area is 159 Å². The van der Waals surface area contributed by atoms with Gasteiger partial charge in [0.15, 0.2) is 5.96 Å². The lowest BCUT2D eigenvalue weighted by atomic mass is 10.0. The third-order valence-electron chi connectivity index (χ3n) is 3.59. The molecule has 0 aliphatic heterocycles. The zero-order valence-electron chi connectivity index (χ0n) is 13.9. The summed E-state index contributed by atoms with van der Waals surface area (Å²) >= 11 is 1.69. The molecule has 0 spiro atoms. The Kier molecular flexibility index (Phi) is 8.54. The molecule has 1 heterocycles. The highest BCUT2D eigenvalue weighted by Gasteiger charge is 2.07. The highest BCUT2D eigenvalue weighted by atomic mass is 127. The van der Waals surface area contributed by atoms with Crippen LogP contribution in [0.25, 0.3) is 0 Å². The minimum atomic E-state index is 0. The quantitative estimate of drug-likeness (QED) is 0.395. The Morgan fingerprint density at radius 3 is 2.35 bits per heavy atom. The van der Waals surface area contributed by atoms with E-state index >= 15 is 0 Å². The van der Waals surface area contributed by atoms with E-state index in [2.05, 4.69) is 54.3 Å². The van der Waals surface area contributed by atoms with Gasteiger partial charge < -0.3 is 11.1 Å². The van der Waals surface area contributed by atoms with Gasteiger partial charge in [0.25, 0.3) is 0 Å². The summed E-state index contributed by atoms with van der Waals surface area (Å²) in [6.07, 6.45) is 4.87. The largest absolute Gasteiger partial charge is 0.370 e. The van der Waals surface area contributed by atoms with Crippen LogP contribution < -0.4 is 11.1 Å². The summed E-state index contributed by atoms with van der Waals surface area (Å²) in [5.41, 5.74) is 9.68. The number of thiazole rings is 1. The number of nitrogens with zero attached hydrogens (tertiary/aromatic N) is 2. The Bertz CT molecular complexity index is 630. The fourth-order valence-corrected chi connectivity index (χ4v) is 3.10. The topological polar surface area (TPSA) is 63.3 Å². The summed E-state index contributed by atoms with van der Waals surface area (Å²) in [5.74, 6) is 0.448. The minimum Gasteiger partial charge on any atom is -0.370 e. The smallest absolute Gasteiger partial charge is 0.193 e.